The van der Waals surface area contributed by atoms with Gasteiger partial charge in [0.05, 0.1) is 28.0 Å². The summed E-state index contributed by atoms with van der Waals surface area (Å²) < 4.78 is 7.43. The van der Waals surface area contributed by atoms with Crippen LogP contribution in [0.3, 0.4) is 0 Å². The number of anilines is 1. The van der Waals surface area contributed by atoms with Crippen molar-refractivity contribution in [2.75, 3.05) is 11.1 Å². The third-order valence-electron chi connectivity index (χ3n) is 4.92. The molecule has 8 nitrogen and oxygen atoms in total. The summed E-state index contributed by atoms with van der Waals surface area (Å²) in [7, 11) is 1.77. The summed E-state index contributed by atoms with van der Waals surface area (Å²) in [4.78, 5) is 24.7. The zero-order chi connectivity index (χ0) is 24.7. The van der Waals surface area contributed by atoms with E-state index in [1.165, 1.54) is 17.3 Å². The van der Waals surface area contributed by atoms with Crippen molar-refractivity contribution in [2.45, 2.75) is 38.1 Å². The molecular formula is C23H25Cl2N5O3S. The normalized spacial score (nSPS) is 11.7. The van der Waals surface area contributed by atoms with Gasteiger partial charge in [-0.1, -0.05) is 60.1 Å². The maximum atomic E-state index is 12.4. The van der Waals surface area contributed by atoms with Crippen LogP contribution >= 0.6 is 35.0 Å². The maximum Gasteiger partial charge on any atom is 0.261 e. The summed E-state index contributed by atoms with van der Waals surface area (Å²) >= 11 is 13.3. The Morgan fingerprint density at radius 1 is 1.15 bits per heavy atom. The molecule has 2 aromatic carbocycles. The fraction of sp³-hybridized carbons (Fsp3) is 0.304. The topological polar surface area (TPSA) is 98.1 Å². The summed E-state index contributed by atoms with van der Waals surface area (Å²) in [6.45, 7) is 3.94. The van der Waals surface area contributed by atoms with Gasteiger partial charge in [-0.15, -0.1) is 10.2 Å². The Bertz CT molecular complexity index is 1150. The molecule has 2 amide bonds. The zero-order valence-electron chi connectivity index (χ0n) is 19.0. The number of nitrogens with zero attached hydrogens (tertiary/aromatic N) is 3. The Morgan fingerprint density at radius 3 is 2.59 bits per heavy atom. The molecule has 0 saturated carbocycles. The standard InChI is InChI=1S/C23H25Cl2N5O3S/c1-4-15-8-10-16(11-9-15)33-14(2)22(32)26-12-19-28-29-23(30(19)3)34-13-20(31)27-18-7-5-6-17(24)21(18)25/h5-11,14H,4,12-13H2,1-3H3,(H,26,32)(H,27,31)/t14-/m1/s1. The molecule has 0 aliphatic carbocycles. The van der Waals surface area contributed by atoms with Gasteiger partial charge in [0.2, 0.25) is 5.91 Å². The highest BCUT2D eigenvalue weighted by Gasteiger charge is 2.17. The van der Waals surface area contributed by atoms with Crippen LogP contribution in [0, 0.1) is 0 Å². The second-order valence-electron chi connectivity index (χ2n) is 7.37. The molecule has 34 heavy (non-hydrogen) atoms. The van der Waals surface area contributed by atoms with E-state index in [4.69, 9.17) is 27.9 Å². The lowest BCUT2D eigenvalue weighted by atomic mass is 10.2. The number of benzene rings is 2. The van der Waals surface area contributed by atoms with Crippen molar-refractivity contribution in [2.24, 2.45) is 7.05 Å². The van der Waals surface area contributed by atoms with E-state index in [1.807, 2.05) is 24.3 Å². The first kappa shape index (κ1) is 25.9. The number of hydrogen-bond donors (Lipinski definition) is 2. The molecule has 0 fully saturated rings. The Kier molecular flexibility index (Phi) is 9.20. The SMILES string of the molecule is CCc1ccc(O[C@H](C)C(=O)NCc2nnc(SCC(=O)Nc3cccc(Cl)c3Cl)n2C)cc1. The maximum absolute atomic E-state index is 12.4. The van der Waals surface area contributed by atoms with Crippen molar-refractivity contribution in [3.05, 3.63) is 63.9 Å². The Hall–Kier alpha value is -2.75. The summed E-state index contributed by atoms with van der Waals surface area (Å²) in [5.41, 5.74) is 1.64. The van der Waals surface area contributed by atoms with Crippen LogP contribution in [0.2, 0.25) is 10.0 Å². The first-order valence-electron chi connectivity index (χ1n) is 10.6. The van der Waals surface area contributed by atoms with E-state index in [0.29, 0.717) is 27.4 Å². The van der Waals surface area contributed by atoms with E-state index < -0.39 is 6.10 Å². The molecule has 0 saturated heterocycles. The third-order valence-corrected chi connectivity index (χ3v) is 6.76. The molecule has 3 rings (SSSR count). The van der Waals surface area contributed by atoms with Crippen molar-refractivity contribution >= 4 is 52.5 Å². The molecule has 1 heterocycles. The molecule has 180 valence electrons. The molecule has 0 bridgehead atoms. The first-order valence-corrected chi connectivity index (χ1v) is 12.3. The van der Waals surface area contributed by atoms with Crippen molar-refractivity contribution in [3.63, 3.8) is 0 Å². The molecular weight excluding hydrogens is 497 g/mol. The number of amides is 2. The van der Waals surface area contributed by atoms with E-state index in [1.54, 1.807) is 36.7 Å². The monoisotopic (exact) mass is 521 g/mol. The van der Waals surface area contributed by atoms with E-state index in [2.05, 4.69) is 27.8 Å². The predicted octanol–water partition coefficient (Wildman–Crippen LogP) is 4.50. The number of carbonyl (C=O) groups is 2. The lowest BCUT2D eigenvalue weighted by Gasteiger charge is -2.15. The van der Waals surface area contributed by atoms with Crippen molar-refractivity contribution in [1.29, 1.82) is 0 Å². The number of nitrogens with one attached hydrogen (secondary N) is 2. The fourth-order valence-electron chi connectivity index (χ4n) is 2.91. The van der Waals surface area contributed by atoms with Crippen LogP contribution in [0.4, 0.5) is 5.69 Å². The van der Waals surface area contributed by atoms with Gasteiger partial charge in [0.15, 0.2) is 17.1 Å². The van der Waals surface area contributed by atoms with Gasteiger partial charge in [0.1, 0.15) is 5.75 Å². The van der Waals surface area contributed by atoms with Crippen LogP contribution in [0.5, 0.6) is 5.75 Å². The summed E-state index contributed by atoms with van der Waals surface area (Å²) in [6, 6.07) is 12.7. The average molecular weight is 522 g/mol. The Morgan fingerprint density at radius 2 is 1.88 bits per heavy atom. The second kappa shape index (κ2) is 12.1. The van der Waals surface area contributed by atoms with Crippen LogP contribution in [0.25, 0.3) is 0 Å². The van der Waals surface area contributed by atoms with Crippen molar-refractivity contribution in [1.82, 2.24) is 20.1 Å². The van der Waals surface area contributed by atoms with Gasteiger partial charge in [0.25, 0.3) is 5.91 Å². The van der Waals surface area contributed by atoms with Gasteiger partial charge in [-0.25, -0.2) is 0 Å². The number of aromatic nitrogens is 3. The number of halogens is 2. The number of carbonyl (C=O) groups excluding carboxylic acids is 2. The highest BCUT2D eigenvalue weighted by atomic mass is 35.5. The van der Waals surface area contributed by atoms with Crippen LogP contribution < -0.4 is 15.4 Å². The highest BCUT2D eigenvalue weighted by molar-refractivity contribution is 7.99. The Labute approximate surface area is 212 Å². The lowest BCUT2D eigenvalue weighted by Crippen LogP contribution is -2.36. The molecule has 0 aliphatic heterocycles. The van der Waals surface area contributed by atoms with E-state index >= 15 is 0 Å². The van der Waals surface area contributed by atoms with Crippen molar-refractivity contribution < 1.29 is 14.3 Å². The van der Waals surface area contributed by atoms with Crippen molar-refractivity contribution in [3.8, 4) is 5.75 Å². The molecule has 1 aromatic heterocycles. The predicted molar refractivity (Wildman–Crippen MR) is 135 cm³/mol. The van der Waals surface area contributed by atoms with Gasteiger partial charge in [-0.2, -0.15) is 0 Å². The number of aryl methyl sites for hydroxylation is 1. The molecule has 0 radical (unpaired) electrons. The second-order valence-corrected chi connectivity index (χ2v) is 9.10. The minimum Gasteiger partial charge on any atom is -0.481 e. The minimum atomic E-state index is -0.670. The number of thioether (sulfide) groups is 1. The highest BCUT2D eigenvalue weighted by Crippen LogP contribution is 2.29. The first-order chi connectivity index (χ1) is 16.3. The number of ether oxygens (including phenoxy) is 1. The molecule has 1 atom stereocenters. The summed E-state index contributed by atoms with van der Waals surface area (Å²) in [5, 5.41) is 14.9. The van der Waals surface area contributed by atoms with Crippen LogP contribution in [-0.2, 0) is 29.6 Å². The van der Waals surface area contributed by atoms with E-state index in [9.17, 15) is 9.59 Å². The molecule has 0 unspecified atom stereocenters. The summed E-state index contributed by atoms with van der Waals surface area (Å²) in [5.74, 6) is 0.755. The van der Waals surface area contributed by atoms with Gasteiger partial charge in [0, 0.05) is 7.05 Å². The van der Waals surface area contributed by atoms with Crippen LogP contribution in [0.15, 0.2) is 47.6 Å². The number of rotatable bonds is 10. The molecule has 0 aliphatic rings. The third kappa shape index (κ3) is 6.88. The van der Waals surface area contributed by atoms with Crippen LogP contribution in [0.1, 0.15) is 25.2 Å². The molecule has 3 aromatic rings. The van der Waals surface area contributed by atoms with Gasteiger partial charge >= 0.3 is 0 Å². The largest absolute Gasteiger partial charge is 0.481 e. The number of hydrogen-bond acceptors (Lipinski definition) is 6. The quantitative estimate of drug-likeness (QED) is 0.381. The van der Waals surface area contributed by atoms with E-state index in [0.717, 1.165) is 6.42 Å². The average Bonchev–Trinajstić information content (AvgIpc) is 3.18. The zero-order valence-corrected chi connectivity index (χ0v) is 21.3. The molecule has 11 heteroatoms. The summed E-state index contributed by atoms with van der Waals surface area (Å²) in [6.07, 6.45) is 0.270. The fourth-order valence-corrected chi connectivity index (χ4v) is 3.99. The van der Waals surface area contributed by atoms with E-state index in [-0.39, 0.29) is 29.1 Å². The smallest absolute Gasteiger partial charge is 0.261 e. The molecule has 0 spiro atoms. The molecule has 2 N–H and O–H groups in total. The minimum absolute atomic E-state index is 0.100. The van der Waals surface area contributed by atoms with Crippen LogP contribution in [-0.4, -0.2) is 38.4 Å². The van der Waals surface area contributed by atoms with Gasteiger partial charge in [-0.05, 0) is 43.2 Å². The van der Waals surface area contributed by atoms with Gasteiger partial charge in [-0.3, -0.25) is 9.59 Å². The Balaban J connectivity index is 1.48. The van der Waals surface area contributed by atoms with Gasteiger partial charge < -0.3 is 19.9 Å². The lowest BCUT2D eigenvalue weighted by molar-refractivity contribution is -0.127.